The van der Waals surface area contributed by atoms with Crippen molar-refractivity contribution in [2.75, 3.05) is 5.32 Å². The van der Waals surface area contributed by atoms with E-state index in [-0.39, 0.29) is 23.6 Å². The Labute approximate surface area is 178 Å². The number of anilines is 1. The van der Waals surface area contributed by atoms with E-state index in [4.69, 9.17) is 4.42 Å². The molecule has 1 N–H and O–H groups in total. The number of thiazole rings is 1. The Balaban J connectivity index is 1.38. The van der Waals surface area contributed by atoms with Crippen molar-refractivity contribution in [2.45, 2.75) is 6.54 Å². The van der Waals surface area contributed by atoms with E-state index in [1.54, 1.807) is 5.38 Å². The van der Waals surface area contributed by atoms with E-state index >= 15 is 0 Å². The highest BCUT2D eigenvalue weighted by Gasteiger charge is 2.17. The zero-order valence-electron chi connectivity index (χ0n) is 16.5. The number of aryl methyl sites for hydroxylation is 1. The number of benzene rings is 1. The highest BCUT2D eigenvalue weighted by molar-refractivity contribution is 7.14. The van der Waals surface area contributed by atoms with E-state index in [1.807, 2.05) is 30.3 Å². The maximum Gasteiger partial charge on any atom is 0.332 e. The van der Waals surface area contributed by atoms with Crippen molar-refractivity contribution in [3.63, 3.8) is 0 Å². The molecular formula is C20H16N6O4S. The molecule has 5 aromatic rings. The number of rotatable bonds is 4. The predicted molar refractivity (Wildman–Crippen MR) is 116 cm³/mol. The van der Waals surface area contributed by atoms with Gasteiger partial charge in [0.05, 0.1) is 6.33 Å². The molecule has 1 aromatic carbocycles. The molecule has 0 aliphatic carbocycles. The molecule has 11 heteroatoms. The molecule has 10 nitrogen and oxygen atoms in total. The van der Waals surface area contributed by atoms with Crippen molar-refractivity contribution < 1.29 is 9.21 Å². The summed E-state index contributed by atoms with van der Waals surface area (Å²) >= 11 is 1.27. The molecule has 5 rings (SSSR count). The largest absolute Gasteiger partial charge is 0.454 e. The Kier molecular flexibility index (Phi) is 4.33. The highest BCUT2D eigenvalue weighted by atomic mass is 32.1. The summed E-state index contributed by atoms with van der Waals surface area (Å²) in [6.45, 7) is -0.149. The lowest BCUT2D eigenvalue weighted by atomic mass is 10.2. The van der Waals surface area contributed by atoms with Crippen LogP contribution in [0, 0.1) is 0 Å². The van der Waals surface area contributed by atoms with Gasteiger partial charge in [-0.05, 0) is 12.1 Å². The van der Waals surface area contributed by atoms with Gasteiger partial charge in [-0.15, -0.1) is 11.3 Å². The van der Waals surface area contributed by atoms with Gasteiger partial charge in [-0.25, -0.2) is 14.8 Å². The standard InChI is InChI=1S/C20H16N6O4S/c1-24-17-16(18(28)25(2)20(24)29)26(10-21-17)8-15(27)23-19-22-12(9-31-19)14-7-11-5-3-4-6-13(11)30-14/h3-7,9-10H,8H2,1-2H3,(H,22,23,27). The molecule has 0 aliphatic rings. The average molecular weight is 436 g/mol. The third-order valence-corrected chi connectivity index (χ3v) is 5.72. The highest BCUT2D eigenvalue weighted by Crippen LogP contribution is 2.30. The van der Waals surface area contributed by atoms with Crippen molar-refractivity contribution >= 4 is 44.5 Å². The van der Waals surface area contributed by atoms with Crippen molar-refractivity contribution in [1.29, 1.82) is 0 Å². The summed E-state index contributed by atoms with van der Waals surface area (Å²) in [5, 5.41) is 5.91. The van der Waals surface area contributed by atoms with Crippen molar-refractivity contribution in [1.82, 2.24) is 23.7 Å². The number of carbonyl (C=O) groups excluding carboxylic acids is 1. The molecule has 0 atom stereocenters. The quantitative estimate of drug-likeness (QED) is 0.460. The SMILES string of the molecule is Cn1c(=O)c2c(ncn2CC(=O)Nc2nc(-c3cc4ccccc4o3)cs2)n(C)c1=O. The number of amides is 1. The smallest absolute Gasteiger partial charge is 0.332 e. The molecule has 4 aromatic heterocycles. The Bertz CT molecular complexity index is 1550. The minimum atomic E-state index is -0.509. The third kappa shape index (κ3) is 3.15. The van der Waals surface area contributed by atoms with E-state index < -0.39 is 11.2 Å². The van der Waals surface area contributed by atoms with Crippen molar-refractivity contribution in [3.8, 4) is 11.5 Å². The molecule has 0 spiro atoms. The van der Waals surface area contributed by atoms with Crippen LogP contribution in [0.25, 0.3) is 33.6 Å². The van der Waals surface area contributed by atoms with Gasteiger partial charge in [0.25, 0.3) is 5.56 Å². The number of para-hydroxylation sites is 1. The summed E-state index contributed by atoms with van der Waals surface area (Å²) in [5.74, 6) is 0.240. The number of hydrogen-bond acceptors (Lipinski definition) is 7. The van der Waals surface area contributed by atoms with Crippen LogP contribution in [0.1, 0.15) is 0 Å². The minimum absolute atomic E-state index is 0.149. The second kappa shape index (κ2) is 7.06. The molecule has 4 heterocycles. The Morgan fingerprint density at radius 2 is 2.00 bits per heavy atom. The van der Waals surface area contributed by atoms with Crippen LogP contribution in [0.3, 0.4) is 0 Å². The molecule has 31 heavy (non-hydrogen) atoms. The second-order valence-electron chi connectivity index (χ2n) is 6.98. The van der Waals surface area contributed by atoms with E-state index in [2.05, 4.69) is 15.3 Å². The number of nitrogens with one attached hydrogen (secondary N) is 1. The Hall–Kier alpha value is -3.99. The molecule has 1 amide bonds. The summed E-state index contributed by atoms with van der Waals surface area (Å²) in [5.41, 5.74) is 0.801. The van der Waals surface area contributed by atoms with Crippen LogP contribution >= 0.6 is 11.3 Å². The maximum atomic E-state index is 12.6. The van der Waals surface area contributed by atoms with Gasteiger partial charge in [-0.1, -0.05) is 18.2 Å². The molecule has 0 radical (unpaired) electrons. The summed E-state index contributed by atoms with van der Waals surface area (Å²) in [4.78, 5) is 45.6. The van der Waals surface area contributed by atoms with Crippen LogP contribution in [0.5, 0.6) is 0 Å². The molecule has 156 valence electrons. The van der Waals surface area contributed by atoms with Crippen LogP contribution in [0.4, 0.5) is 5.13 Å². The second-order valence-corrected chi connectivity index (χ2v) is 7.84. The number of aromatic nitrogens is 5. The zero-order chi connectivity index (χ0) is 21.7. The van der Waals surface area contributed by atoms with Crippen molar-refractivity contribution in [3.05, 3.63) is 62.9 Å². The topological polar surface area (TPSA) is 117 Å². The number of fused-ring (bicyclic) bond motifs is 2. The normalized spacial score (nSPS) is 11.4. The van der Waals surface area contributed by atoms with E-state index in [0.717, 1.165) is 15.5 Å². The van der Waals surface area contributed by atoms with E-state index in [0.29, 0.717) is 16.6 Å². The van der Waals surface area contributed by atoms with Crippen LogP contribution in [0.15, 0.2) is 56.0 Å². The summed E-state index contributed by atoms with van der Waals surface area (Å²) < 4.78 is 9.48. The van der Waals surface area contributed by atoms with Gasteiger partial charge in [-0.2, -0.15) is 0 Å². The van der Waals surface area contributed by atoms with Gasteiger partial charge in [0, 0.05) is 24.9 Å². The third-order valence-electron chi connectivity index (χ3n) is 4.96. The first-order valence-corrected chi connectivity index (χ1v) is 10.2. The lowest BCUT2D eigenvalue weighted by Gasteiger charge is -2.06. The van der Waals surface area contributed by atoms with Gasteiger partial charge in [-0.3, -0.25) is 18.7 Å². The first-order chi connectivity index (χ1) is 14.9. The summed E-state index contributed by atoms with van der Waals surface area (Å²) in [6, 6.07) is 9.55. The molecule has 0 fully saturated rings. The lowest BCUT2D eigenvalue weighted by Crippen LogP contribution is -2.37. The monoisotopic (exact) mass is 436 g/mol. The first-order valence-electron chi connectivity index (χ1n) is 9.27. The fourth-order valence-electron chi connectivity index (χ4n) is 3.38. The van der Waals surface area contributed by atoms with E-state index in [1.165, 1.54) is 40.9 Å². The van der Waals surface area contributed by atoms with Crippen LogP contribution in [-0.4, -0.2) is 29.6 Å². The van der Waals surface area contributed by atoms with E-state index in [9.17, 15) is 14.4 Å². The molecule has 0 aliphatic heterocycles. The molecule has 0 unspecified atom stereocenters. The van der Waals surface area contributed by atoms with Gasteiger partial charge >= 0.3 is 5.69 Å². The van der Waals surface area contributed by atoms with Gasteiger partial charge in [0.1, 0.15) is 17.8 Å². The number of nitrogens with zero attached hydrogens (tertiary/aromatic N) is 5. The van der Waals surface area contributed by atoms with Crippen LogP contribution in [0.2, 0.25) is 0 Å². The summed E-state index contributed by atoms with van der Waals surface area (Å²) in [7, 11) is 2.91. The number of carbonyl (C=O) groups is 1. The average Bonchev–Trinajstić information content (AvgIpc) is 3.48. The molecular weight excluding hydrogens is 420 g/mol. The van der Waals surface area contributed by atoms with Gasteiger partial charge < -0.3 is 14.3 Å². The predicted octanol–water partition coefficient (Wildman–Crippen LogP) is 1.94. The van der Waals surface area contributed by atoms with Gasteiger partial charge in [0.15, 0.2) is 22.1 Å². The minimum Gasteiger partial charge on any atom is -0.454 e. The van der Waals surface area contributed by atoms with Crippen LogP contribution in [-0.2, 0) is 25.4 Å². The zero-order valence-corrected chi connectivity index (χ0v) is 17.3. The number of hydrogen-bond donors (Lipinski definition) is 1. The number of imidazole rings is 1. The van der Waals surface area contributed by atoms with Crippen LogP contribution < -0.4 is 16.6 Å². The molecule has 0 saturated heterocycles. The van der Waals surface area contributed by atoms with Crippen molar-refractivity contribution in [2.24, 2.45) is 14.1 Å². The molecule has 0 bridgehead atoms. The summed E-state index contributed by atoms with van der Waals surface area (Å²) in [6.07, 6.45) is 1.37. The van der Waals surface area contributed by atoms with Gasteiger partial charge in [0.2, 0.25) is 5.91 Å². The Morgan fingerprint density at radius 3 is 2.81 bits per heavy atom. The number of furan rings is 1. The lowest BCUT2D eigenvalue weighted by molar-refractivity contribution is -0.116. The first kappa shape index (κ1) is 19.0. The maximum absolute atomic E-state index is 12.6. The fourth-order valence-corrected chi connectivity index (χ4v) is 4.10. The fraction of sp³-hybridized carbons (Fsp3) is 0.150. The molecule has 0 saturated carbocycles. The Morgan fingerprint density at radius 1 is 1.19 bits per heavy atom.